The van der Waals surface area contributed by atoms with E-state index in [1.165, 1.54) is 41.3 Å². The number of halogens is 1. The number of carbonyl (C=O) groups excluding carboxylic acids is 2. The smallest absolute Gasteiger partial charge is 0.244 e. The number of carbonyl (C=O) groups is 2. The van der Waals surface area contributed by atoms with Gasteiger partial charge in [-0.05, 0) is 42.7 Å². The second-order valence-corrected chi connectivity index (χ2v) is 11.0. The molecule has 1 aliphatic heterocycles. The van der Waals surface area contributed by atoms with Crippen molar-refractivity contribution in [3.05, 3.63) is 53.8 Å². The Kier molecular flexibility index (Phi) is 8.78. The van der Waals surface area contributed by atoms with E-state index >= 15 is 0 Å². The van der Waals surface area contributed by atoms with Crippen molar-refractivity contribution in [2.45, 2.75) is 33.4 Å². The van der Waals surface area contributed by atoms with Gasteiger partial charge >= 0.3 is 0 Å². The number of amides is 2. The second-order valence-electron chi connectivity index (χ2n) is 9.06. The molecule has 0 bridgehead atoms. The Morgan fingerprint density at radius 1 is 1.03 bits per heavy atom. The number of ether oxygens (including phenoxy) is 2. The quantitative estimate of drug-likeness (QED) is 0.515. The van der Waals surface area contributed by atoms with Gasteiger partial charge in [-0.3, -0.25) is 13.9 Å². The molecule has 196 valence electrons. The maximum atomic E-state index is 13.5. The highest BCUT2D eigenvalue weighted by Gasteiger charge is 2.30. The molecule has 1 atom stereocenters. The number of rotatable bonds is 10. The second kappa shape index (κ2) is 11.6. The fourth-order valence-corrected chi connectivity index (χ4v) is 4.46. The molecule has 0 saturated heterocycles. The van der Waals surface area contributed by atoms with Crippen LogP contribution < -0.4 is 19.1 Å². The Morgan fingerprint density at radius 2 is 1.67 bits per heavy atom. The van der Waals surface area contributed by atoms with Crippen LogP contribution in [-0.2, 0) is 26.2 Å². The molecular weight excluding hydrogens is 489 g/mol. The SMILES string of the molecule is CC(C)CNC(=O)[C@H](C)N(Cc1ccc(F)cc1)C(=O)CN(c1ccc2c(c1)OCCO2)S(C)(=O)=O. The molecule has 3 rings (SSSR count). The van der Waals surface area contributed by atoms with Crippen molar-refractivity contribution in [2.75, 3.05) is 36.9 Å². The molecule has 2 aromatic carbocycles. The average Bonchev–Trinajstić information content (AvgIpc) is 2.83. The Morgan fingerprint density at radius 3 is 2.28 bits per heavy atom. The number of nitrogens with one attached hydrogen (secondary N) is 1. The molecule has 9 nitrogen and oxygen atoms in total. The van der Waals surface area contributed by atoms with Crippen LogP contribution in [0.25, 0.3) is 0 Å². The number of fused-ring (bicyclic) bond motifs is 1. The third kappa shape index (κ3) is 7.09. The van der Waals surface area contributed by atoms with Crippen molar-refractivity contribution in [1.29, 1.82) is 0 Å². The fourth-order valence-electron chi connectivity index (χ4n) is 3.62. The molecule has 0 saturated carbocycles. The number of hydrogen-bond acceptors (Lipinski definition) is 6. The van der Waals surface area contributed by atoms with Crippen molar-refractivity contribution in [3.8, 4) is 11.5 Å². The summed E-state index contributed by atoms with van der Waals surface area (Å²) in [6.07, 6.45) is 1.00. The van der Waals surface area contributed by atoms with Gasteiger partial charge in [0.2, 0.25) is 21.8 Å². The summed E-state index contributed by atoms with van der Waals surface area (Å²) < 4.78 is 50.8. The molecule has 0 fully saturated rings. The summed E-state index contributed by atoms with van der Waals surface area (Å²) in [5.41, 5.74) is 0.826. The molecule has 36 heavy (non-hydrogen) atoms. The number of benzene rings is 2. The van der Waals surface area contributed by atoms with E-state index in [-0.39, 0.29) is 24.1 Å². The van der Waals surface area contributed by atoms with Gasteiger partial charge < -0.3 is 19.7 Å². The molecule has 1 N–H and O–H groups in total. The molecular formula is C25H32FN3O6S. The van der Waals surface area contributed by atoms with Crippen LogP contribution in [0.1, 0.15) is 26.3 Å². The highest BCUT2D eigenvalue weighted by Crippen LogP contribution is 2.34. The zero-order valence-corrected chi connectivity index (χ0v) is 21.7. The lowest BCUT2D eigenvalue weighted by atomic mass is 10.1. The van der Waals surface area contributed by atoms with E-state index in [0.717, 1.165) is 10.6 Å². The first kappa shape index (κ1) is 27.3. The van der Waals surface area contributed by atoms with Gasteiger partial charge in [-0.25, -0.2) is 12.8 Å². The monoisotopic (exact) mass is 521 g/mol. The van der Waals surface area contributed by atoms with Crippen LogP contribution in [-0.4, -0.2) is 63.7 Å². The minimum absolute atomic E-state index is 0.00583. The lowest BCUT2D eigenvalue weighted by Gasteiger charge is -2.32. The minimum Gasteiger partial charge on any atom is -0.486 e. The standard InChI is InChI=1S/C25H32FN3O6S/c1-17(2)14-27-25(31)18(3)28(15-19-5-7-20(26)8-6-19)24(30)16-29(36(4,32)33)21-9-10-22-23(13-21)35-12-11-34-22/h5-10,13,17-18H,11-12,14-16H2,1-4H3,(H,27,31)/t18-/m0/s1. The minimum atomic E-state index is -3.88. The van der Waals surface area contributed by atoms with Crippen molar-refractivity contribution in [1.82, 2.24) is 10.2 Å². The molecule has 1 aliphatic rings. The Balaban J connectivity index is 1.89. The van der Waals surface area contributed by atoms with Crippen LogP contribution in [0.3, 0.4) is 0 Å². The van der Waals surface area contributed by atoms with Crippen molar-refractivity contribution >= 4 is 27.5 Å². The zero-order valence-electron chi connectivity index (χ0n) is 20.9. The molecule has 1 heterocycles. The van der Waals surface area contributed by atoms with E-state index in [1.807, 2.05) is 13.8 Å². The molecule has 2 amide bonds. The summed E-state index contributed by atoms with van der Waals surface area (Å²) in [4.78, 5) is 27.6. The lowest BCUT2D eigenvalue weighted by Crippen LogP contribution is -2.51. The van der Waals surface area contributed by atoms with E-state index in [2.05, 4.69) is 5.32 Å². The largest absolute Gasteiger partial charge is 0.486 e. The van der Waals surface area contributed by atoms with Crippen LogP contribution in [0.15, 0.2) is 42.5 Å². The first-order valence-electron chi connectivity index (χ1n) is 11.6. The molecule has 0 radical (unpaired) electrons. The fraction of sp³-hybridized carbons (Fsp3) is 0.440. The van der Waals surface area contributed by atoms with Gasteiger partial charge in [-0.2, -0.15) is 0 Å². The zero-order chi connectivity index (χ0) is 26.5. The summed E-state index contributed by atoms with van der Waals surface area (Å²) in [5, 5.41) is 2.81. The van der Waals surface area contributed by atoms with Crippen molar-refractivity contribution in [3.63, 3.8) is 0 Å². The van der Waals surface area contributed by atoms with Gasteiger partial charge in [0.25, 0.3) is 0 Å². The van der Waals surface area contributed by atoms with Crippen LogP contribution in [0.2, 0.25) is 0 Å². The summed E-state index contributed by atoms with van der Waals surface area (Å²) >= 11 is 0. The maximum absolute atomic E-state index is 13.5. The average molecular weight is 522 g/mol. The van der Waals surface area contributed by atoms with E-state index in [1.54, 1.807) is 13.0 Å². The van der Waals surface area contributed by atoms with Crippen LogP contribution in [0.4, 0.5) is 10.1 Å². The van der Waals surface area contributed by atoms with E-state index in [0.29, 0.717) is 36.8 Å². The third-order valence-electron chi connectivity index (χ3n) is 5.61. The predicted molar refractivity (Wildman–Crippen MR) is 134 cm³/mol. The maximum Gasteiger partial charge on any atom is 0.244 e. The Bertz CT molecular complexity index is 1190. The molecule has 0 spiro atoms. The summed E-state index contributed by atoms with van der Waals surface area (Å²) in [7, 11) is -3.88. The van der Waals surface area contributed by atoms with E-state index in [9.17, 15) is 22.4 Å². The van der Waals surface area contributed by atoms with Crippen LogP contribution in [0, 0.1) is 11.7 Å². The first-order chi connectivity index (χ1) is 17.0. The van der Waals surface area contributed by atoms with Gasteiger partial charge in [-0.1, -0.05) is 26.0 Å². The van der Waals surface area contributed by atoms with Gasteiger partial charge in [0.05, 0.1) is 11.9 Å². The van der Waals surface area contributed by atoms with Crippen molar-refractivity contribution in [2.24, 2.45) is 5.92 Å². The summed E-state index contributed by atoms with van der Waals surface area (Å²) in [6.45, 7) is 6.06. The molecule has 11 heteroatoms. The number of nitrogens with zero attached hydrogens (tertiary/aromatic N) is 2. The first-order valence-corrected chi connectivity index (χ1v) is 13.5. The lowest BCUT2D eigenvalue weighted by molar-refractivity contribution is -0.139. The summed E-state index contributed by atoms with van der Waals surface area (Å²) in [6, 6.07) is 9.29. The van der Waals surface area contributed by atoms with Crippen molar-refractivity contribution < 1.29 is 31.9 Å². The number of hydrogen-bond donors (Lipinski definition) is 1. The van der Waals surface area contributed by atoms with E-state index < -0.39 is 34.3 Å². The van der Waals surface area contributed by atoms with Gasteiger partial charge in [0.15, 0.2) is 11.5 Å². The van der Waals surface area contributed by atoms with Gasteiger partial charge in [0.1, 0.15) is 31.6 Å². The van der Waals surface area contributed by atoms with Gasteiger partial charge in [0, 0.05) is 19.2 Å². The normalized spacial score (nSPS) is 13.7. The molecule has 0 aromatic heterocycles. The summed E-state index contributed by atoms with van der Waals surface area (Å²) in [5.74, 6) is -0.321. The topological polar surface area (TPSA) is 105 Å². The molecule has 0 aliphatic carbocycles. The Hall–Kier alpha value is -3.34. The number of anilines is 1. The predicted octanol–water partition coefficient (Wildman–Crippen LogP) is 2.55. The third-order valence-corrected chi connectivity index (χ3v) is 6.75. The Labute approximate surface area is 211 Å². The highest BCUT2D eigenvalue weighted by atomic mass is 32.2. The number of sulfonamides is 1. The van der Waals surface area contributed by atoms with Gasteiger partial charge in [-0.15, -0.1) is 0 Å². The van der Waals surface area contributed by atoms with E-state index in [4.69, 9.17) is 9.47 Å². The molecule has 2 aromatic rings. The van der Waals surface area contributed by atoms with Crippen LogP contribution >= 0.6 is 0 Å². The van der Waals surface area contributed by atoms with Crippen LogP contribution in [0.5, 0.6) is 11.5 Å². The highest BCUT2D eigenvalue weighted by molar-refractivity contribution is 7.92. The molecule has 0 unspecified atom stereocenters.